The third-order valence-corrected chi connectivity index (χ3v) is 3.75. The fourth-order valence-corrected chi connectivity index (χ4v) is 2.57. The first-order valence-corrected chi connectivity index (χ1v) is 6.89. The van der Waals surface area contributed by atoms with Crippen LogP contribution in [0.15, 0.2) is 36.7 Å². The first kappa shape index (κ1) is 13.4. The zero-order valence-electron chi connectivity index (χ0n) is 10.3. The molecule has 0 fully saturated rings. The predicted molar refractivity (Wildman–Crippen MR) is 76.4 cm³/mol. The Hall–Kier alpha value is -0.990. The van der Waals surface area contributed by atoms with Crippen LogP contribution in [0.1, 0.15) is 23.7 Å². The maximum atomic E-state index is 6.06. The number of aryl methyl sites for hydroxylation is 2. The Morgan fingerprint density at radius 2 is 2.22 bits per heavy atom. The average Bonchev–Trinajstić information content (AvgIpc) is 2.76. The Balaban J connectivity index is 2.04. The molecular formula is C14H16Cl2N2. The van der Waals surface area contributed by atoms with Crippen LogP contribution in [0, 0.1) is 0 Å². The van der Waals surface area contributed by atoms with Crippen LogP contribution in [0.25, 0.3) is 0 Å². The van der Waals surface area contributed by atoms with Gasteiger partial charge < -0.3 is 4.57 Å². The minimum Gasteiger partial charge on any atom is -0.338 e. The van der Waals surface area contributed by atoms with Crippen LogP contribution in [-0.4, -0.2) is 15.4 Å². The van der Waals surface area contributed by atoms with E-state index < -0.39 is 0 Å². The summed E-state index contributed by atoms with van der Waals surface area (Å²) in [5.74, 6) is 2.01. The van der Waals surface area contributed by atoms with Gasteiger partial charge in [-0.3, -0.25) is 0 Å². The zero-order chi connectivity index (χ0) is 13.0. The summed E-state index contributed by atoms with van der Waals surface area (Å²) in [6.45, 7) is 0. The largest absolute Gasteiger partial charge is 0.338 e. The monoisotopic (exact) mass is 282 g/mol. The van der Waals surface area contributed by atoms with Crippen molar-refractivity contribution >= 4 is 23.2 Å². The van der Waals surface area contributed by atoms with E-state index in [0.717, 1.165) is 23.7 Å². The molecule has 0 spiro atoms. The highest BCUT2D eigenvalue weighted by Crippen LogP contribution is 2.25. The van der Waals surface area contributed by atoms with Gasteiger partial charge >= 0.3 is 0 Å². The number of nitrogens with zero attached hydrogens (tertiary/aromatic N) is 2. The van der Waals surface area contributed by atoms with Crippen molar-refractivity contribution in [2.45, 2.75) is 18.8 Å². The number of rotatable bonds is 5. The van der Waals surface area contributed by atoms with Crippen molar-refractivity contribution in [3.63, 3.8) is 0 Å². The van der Waals surface area contributed by atoms with Crippen LogP contribution in [0.5, 0.6) is 0 Å². The summed E-state index contributed by atoms with van der Waals surface area (Å²) >= 11 is 12.1. The molecule has 0 saturated carbocycles. The maximum Gasteiger partial charge on any atom is 0.108 e. The van der Waals surface area contributed by atoms with E-state index in [4.69, 9.17) is 23.2 Å². The number of imidazole rings is 1. The van der Waals surface area contributed by atoms with Crippen LogP contribution in [-0.2, 0) is 13.5 Å². The molecule has 0 aliphatic carbocycles. The quantitative estimate of drug-likeness (QED) is 0.757. The van der Waals surface area contributed by atoms with Gasteiger partial charge in [0.05, 0.1) is 0 Å². The predicted octanol–water partition coefficient (Wildman–Crippen LogP) is 4.03. The third-order valence-electron chi connectivity index (χ3n) is 3.14. The molecule has 0 radical (unpaired) electrons. The minimum atomic E-state index is 0.321. The average molecular weight is 283 g/mol. The van der Waals surface area contributed by atoms with Crippen molar-refractivity contribution in [3.8, 4) is 0 Å². The van der Waals surface area contributed by atoms with Gasteiger partial charge in [0.2, 0.25) is 0 Å². The molecule has 1 unspecified atom stereocenters. The second kappa shape index (κ2) is 6.26. The van der Waals surface area contributed by atoms with Crippen molar-refractivity contribution < 1.29 is 0 Å². The summed E-state index contributed by atoms with van der Waals surface area (Å²) in [6, 6.07) is 7.93. The van der Waals surface area contributed by atoms with Gasteiger partial charge in [-0.25, -0.2) is 4.98 Å². The number of aromatic nitrogens is 2. The first-order chi connectivity index (χ1) is 8.70. The van der Waals surface area contributed by atoms with Gasteiger partial charge in [-0.15, -0.1) is 11.6 Å². The summed E-state index contributed by atoms with van der Waals surface area (Å²) in [7, 11) is 2.01. The number of alkyl halides is 1. The van der Waals surface area contributed by atoms with Gasteiger partial charge in [0.1, 0.15) is 5.82 Å². The Morgan fingerprint density at radius 1 is 1.39 bits per heavy atom. The number of hydrogen-bond donors (Lipinski definition) is 0. The molecule has 0 bridgehead atoms. The highest BCUT2D eigenvalue weighted by Gasteiger charge is 2.12. The van der Waals surface area contributed by atoms with Crippen molar-refractivity contribution in [2.75, 3.05) is 5.88 Å². The Labute approximate surface area is 118 Å². The smallest absolute Gasteiger partial charge is 0.108 e. The van der Waals surface area contributed by atoms with Crippen molar-refractivity contribution in [2.24, 2.45) is 7.05 Å². The molecule has 18 heavy (non-hydrogen) atoms. The Bertz CT molecular complexity index is 508. The van der Waals surface area contributed by atoms with Crippen molar-refractivity contribution in [3.05, 3.63) is 53.1 Å². The van der Waals surface area contributed by atoms with Crippen LogP contribution in [0.4, 0.5) is 0 Å². The molecule has 1 aromatic carbocycles. The summed E-state index contributed by atoms with van der Waals surface area (Å²) in [5.41, 5.74) is 1.20. The van der Waals surface area contributed by atoms with Gasteiger partial charge in [-0.2, -0.15) is 0 Å². The van der Waals surface area contributed by atoms with E-state index in [1.54, 1.807) is 0 Å². The lowest BCUT2D eigenvalue weighted by Gasteiger charge is -2.14. The SMILES string of the molecule is Cn1ccnc1CCC(CCl)c1cccc(Cl)c1. The maximum absolute atomic E-state index is 6.06. The molecule has 0 saturated heterocycles. The molecule has 2 aromatic rings. The van der Waals surface area contributed by atoms with Crippen LogP contribution in [0.2, 0.25) is 5.02 Å². The van der Waals surface area contributed by atoms with Gasteiger partial charge in [0.25, 0.3) is 0 Å². The summed E-state index contributed by atoms with van der Waals surface area (Å²) in [6.07, 6.45) is 5.69. The van der Waals surface area contributed by atoms with Gasteiger partial charge in [-0.1, -0.05) is 23.7 Å². The molecular weight excluding hydrogens is 267 g/mol. The summed E-state index contributed by atoms with van der Waals surface area (Å²) in [4.78, 5) is 4.33. The van der Waals surface area contributed by atoms with E-state index in [1.807, 2.05) is 42.2 Å². The normalized spacial score (nSPS) is 12.6. The molecule has 0 aliphatic heterocycles. The third kappa shape index (κ3) is 3.27. The molecule has 2 rings (SSSR count). The highest BCUT2D eigenvalue weighted by molar-refractivity contribution is 6.30. The standard InChI is InChI=1S/C14H16Cl2N2/c1-18-8-7-17-14(18)6-5-12(10-15)11-3-2-4-13(16)9-11/h2-4,7-9,12H,5-6,10H2,1H3. The molecule has 1 heterocycles. The second-order valence-corrected chi connectivity index (χ2v) is 5.14. The van der Waals surface area contributed by atoms with Crippen LogP contribution < -0.4 is 0 Å². The lowest BCUT2D eigenvalue weighted by Crippen LogP contribution is -2.05. The molecule has 4 heteroatoms. The zero-order valence-corrected chi connectivity index (χ0v) is 11.8. The highest BCUT2D eigenvalue weighted by atomic mass is 35.5. The van der Waals surface area contributed by atoms with Crippen LogP contribution >= 0.6 is 23.2 Å². The summed E-state index contributed by atoms with van der Waals surface area (Å²) < 4.78 is 2.04. The molecule has 1 atom stereocenters. The topological polar surface area (TPSA) is 17.8 Å². The van der Waals surface area contributed by atoms with E-state index in [2.05, 4.69) is 11.1 Å². The second-order valence-electron chi connectivity index (χ2n) is 4.40. The fraction of sp³-hybridized carbons (Fsp3) is 0.357. The number of hydrogen-bond acceptors (Lipinski definition) is 1. The first-order valence-electron chi connectivity index (χ1n) is 5.98. The Morgan fingerprint density at radius 3 is 2.83 bits per heavy atom. The van der Waals surface area contributed by atoms with E-state index >= 15 is 0 Å². The van der Waals surface area contributed by atoms with Crippen molar-refractivity contribution in [1.29, 1.82) is 0 Å². The van der Waals surface area contributed by atoms with Gasteiger partial charge in [0.15, 0.2) is 0 Å². The molecule has 2 nitrogen and oxygen atoms in total. The molecule has 96 valence electrons. The summed E-state index contributed by atoms with van der Waals surface area (Å²) in [5, 5.41) is 0.764. The van der Waals surface area contributed by atoms with Gasteiger partial charge in [0, 0.05) is 36.8 Å². The minimum absolute atomic E-state index is 0.321. The number of benzene rings is 1. The Kier molecular flexibility index (Phi) is 4.67. The van der Waals surface area contributed by atoms with E-state index in [0.29, 0.717) is 11.8 Å². The molecule has 0 N–H and O–H groups in total. The van der Waals surface area contributed by atoms with Gasteiger partial charge in [-0.05, 0) is 30.0 Å². The molecule has 0 aliphatic rings. The lowest BCUT2D eigenvalue weighted by molar-refractivity contribution is 0.646. The fourth-order valence-electron chi connectivity index (χ4n) is 2.03. The van der Waals surface area contributed by atoms with E-state index in [9.17, 15) is 0 Å². The number of halogens is 2. The molecule has 0 amide bonds. The van der Waals surface area contributed by atoms with E-state index in [1.165, 1.54) is 5.56 Å². The van der Waals surface area contributed by atoms with Crippen molar-refractivity contribution in [1.82, 2.24) is 9.55 Å². The lowest BCUT2D eigenvalue weighted by atomic mass is 9.96. The van der Waals surface area contributed by atoms with Crippen LogP contribution in [0.3, 0.4) is 0 Å². The van der Waals surface area contributed by atoms with E-state index in [-0.39, 0.29) is 0 Å². The molecule has 1 aromatic heterocycles.